The van der Waals surface area contributed by atoms with E-state index in [0.29, 0.717) is 22.5 Å². The topological polar surface area (TPSA) is 83.6 Å². The average molecular weight is 559 g/mol. The SMILES string of the molecule is CC(C)(C)c1ccc(C(=O)c2cccc(NC(=O)c3ccc(N(Cc4ccccc4F)S(C)(=O)=O)cc3)c2)cc1. The molecule has 206 valence electrons. The summed E-state index contributed by atoms with van der Waals surface area (Å²) in [7, 11) is -3.73. The molecule has 40 heavy (non-hydrogen) atoms. The number of nitrogens with one attached hydrogen (secondary N) is 1. The quantitative estimate of drug-likeness (QED) is 0.248. The monoisotopic (exact) mass is 558 g/mol. The fourth-order valence-electron chi connectivity index (χ4n) is 4.19. The number of hydrogen-bond donors (Lipinski definition) is 1. The Hall–Kier alpha value is -4.30. The molecule has 0 aliphatic rings. The van der Waals surface area contributed by atoms with Crippen molar-refractivity contribution in [3.05, 3.63) is 131 Å². The molecule has 6 nitrogen and oxygen atoms in total. The van der Waals surface area contributed by atoms with Crippen LogP contribution in [0.1, 0.15) is 58.2 Å². The van der Waals surface area contributed by atoms with Crippen LogP contribution in [0.4, 0.5) is 15.8 Å². The number of anilines is 2. The van der Waals surface area contributed by atoms with Crippen LogP contribution in [0.5, 0.6) is 0 Å². The maximum Gasteiger partial charge on any atom is 0.255 e. The molecule has 0 atom stereocenters. The summed E-state index contributed by atoms with van der Waals surface area (Å²) in [6.07, 6.45) is 1.04. The van der Waals surface area contributed by atoms with Crippen LogP contribution in [0.3, 0.4) is 0 Å². The first-order valence-electron chi connectivity index (χ1n) is 12.7. The summed E-state index contributed by atoms with van der Waals surface area (Å²) in [5, 5.41) is 2.79. The van der Waals surface area contributed by atoms with Crippen LogP contribution in [0.2, 0.25) is 0 Å². The van der Waals surface area contributed by atoms with E-state index in [4.69, 9.17) is 0 Å². The number of halogens is 1. The summed E-state index contributed by atoms with van der Waals surface area (Å²) in [5.74, 6) is -1.09. The van der Waals surface area contributed by atoms with Gasteiger partial charge in [-0.25, -0.2) is 12.8 Å². The third-order valence-electron chi connectivity index (χ3n) is 6.49. The second kappa shape index (κ2) is 11.4. The molecule has 0 aromatic heterocycles. The second-order valence-electron chi connectivity index (χ2n) is 10.6. The lowest BCUT2D eigenvalue weighted by Gasteiger charge is -2.23. The Morgan fingerprint density at radius 3 is 2.02 bits per heavy atom. The van der Waals surface area contributed by atoms with Crippen molar-refractivity contribution in [2.75, 3.05) is 15.9 Å². The van der Waals surface area contributed by atoms with Crippen molar-refractivity contribution in [1.82, 2.24) is 0 Å². The Balaban J connectivity index is 1.49. The molecule has 4 aromatic rings. The Kier molecular flexibility index (Phi) is 8.21. The fourth-order valence-corrected chi connectivity index (χ4v) is 5.07. The van der Waals surface area contributed by atoms with Crippen LogP contribution in [0, 0.1) is 5.82 Å². The van der Waals surface area contributed by atoms with Crippen LogP contribution in [-0.4, -0.2) is 26.4 Å². The van der Waals surface area contributed by atoms with E-state index in [1.54, 1.807) is 30.3 Å². The number of carbonyl (C=O) groups is 2. The molecule has 0 aliphatic carbocycles. The number of carbonyl (C=O) groups excluding carboxylic acids is 2. The van der Waals surface area contributed by atoms with E-state index in [1.165, 1.54) is 42.5 Å². The normalized spacial score (nSPS) is 11.6. The van der Waals surface area contributed by atoms with Gasteiger partial charge in [0.05, 0.1) is 18.5 Å². The molecular weight excluding hydrogens is 527 g/mol. The maximum atomic E-state index is 14.2. The largest absolute Gasteiger partial charge is 0.322 e. The number of benzene rings is 4. The summed E-state index contributed by atoms with van der Waals surface area (Å²) in [6.45, 7) is 6.14. The molecule has 8 heteroatoms. The zero-order chi connectivity index (χ0) is 29.1. The van der Waals surface area contributed by atoms with E-state index < -0.39 is 21.7 Å². The van der Waals surface area contributed by atoms with Gasteiger partial charge >= 0.3 is 0 Å². The lowest BCUT2D eigenvalue weighted by molar-refractivity contribution is 0.102. The minimum Gasteiger partial charge on any atom is -0.322 e. The predicted octanol–water partition coefficient (Wildman–Crippen LogP) is 6.57. The van der Waals surface area contributed by atoms with Crippen LogP contribution < -0.4 is 9.62 Å². The van der Waals surface area contributed by atoms with E-state index in [1.807, 2.05) is 24.3 Å². The van der Waals surface area contributed by atoms with Crippen molar-refractivity contribution in [3.8, 4) is 0 Å². The van der Waals surface area contributed by atoms with Gasteiger partial charge in [-0.2, -0.15) is 0 Å². The van der Waals surface area contributed by atoms with Crippen LogP contribution in [0.25, 0.3) is 0 Å². The molecule has 4 aromatic carbocycles. The Morgan fingerprint density at radius 1 is 0.800 bits per heavy atom. The van der Waals surface area contributed by atoms with Crippen molar-refractivity contribution in [2.45, 2.75) is 32.7 Å². The molecule has 0 spiro atoms. The molecule has 0 saturated heterocycles. The predicted molar refractivity (Wildman–Crippen MR) is 157 cm³/mol. The van der Waals surface area contributed by atoms with E-state index in [0.717, 1.165) is 16.1 Å². The van der Waals surface area contributed by atoms with E-state index in [2.05, 4.69) is 26.1 Å². The molecule has 0 radical (unpaired) electrons. The lowest BCUT2D eigenvalue weighted by Crippen LogP contribution is -2.29. The van der Waals surface area contributed by atoms with Gasteiger partial charge in [0.15, 0.2) is 5.78 Å². The Morgan fingerprint density at radius 2 is 1.43 bits per heavy atom. The standard InChI is InChI=1S/C32H31FN2O4S/c1-32(2,3)26-16-12-22(13-17-26)30(36)24-9-7-10-27(20-24)34-31(37)23-14-18-28(19-15-23)35(40(4,38)39)21-25-8-5-6-11-29(25)33/h5-20H,21H2,1-4H3,(H,34,37). The van der Waals surface area contributed by atoms with Gasteiger partial charge in [-0.3, -0.25) is 13.9 Å². The fraction of sp³-hybridized carbons (Fsp3) is 0.188. The van der Waals surface area contributed by atoms with Crippen LogP contribution in [0.15, 0.2) is 97.1 Å². The van der Waals surface area contributed by atoms with Crippen molar-refractivity contribution in [1.29, 1.82) is 0 Å². The number of ketones is 1. The van der Waals surface area contributed by atoms with Crippen LogP contribution >= 0.6 is 0 Å². The summed E-state index contributed by atoms with van der Waals surface area (Å²) < 4.78 is 40.2. The number of nitrogens with zero attached hydrogens (tertiary/aromatic N) is 1. The molecule has 0 aliphatic heterocycles. The number of amides is 1. The summed E-state index contributed by atoms with van der Waals surface area (Å²) in [6, 6.07) is 26.2. The smallest absolute Gasteiger partial charge is 0.255 e. The third kappa shape index (κ3) is 6.82. The zero-order valence-corrected chi connectivity index (χ0v) is 23.6. The number of sulfonamides is 1. The van der Waals surface area contributed by atoms with E-state index >= 15 is 0 Å². The Labute approximate surface area is 234 Å². The van der Waals surface area contributed by atoms with Crippen molar-refractivity contribution in [3.63, 3.8) is 0 Å². The van der Waals surface area contributed by atoms with Gasteiger partial charge in [0.25, 0.3) is 5.91 Å². The summed E-state index contributed by atoms with van der Waals surface area (Å²) >= 11 is 0. The second-order valence-corrected chi connectivity index (χ2v) is 12.5. The highest BCUT2D eigenvalue weighted by molar-refractivity contribution is 7.92. The lowest BCUT2D eigenvalue weighted by atomic mass is 9.86. The molecule has 0 heterocycles. The van der Waals surface area contributed by atoms with Gasteiger partial charge in [-0.15, -0.1) is 0 Å². The van der Waals surface area contributed by atoms with E-state index in [9.17, 15) is 22.4 Å². The zero-order valence-electron chi connectivity index (χ0n) is 22.8. The highest BCUT2D eigenvalue weighted by Crippen LogP contribution is 2.25. The summed E-state index contributed by atoms with van der Waals surface area (Å²) in [5.41, 5.74) is 3.37. The van der Waals surface area contributed by atoms with E-state index in [-0.39, 0.29) is 28.9 Å². The minimum absolute atomic E-state index is 0.0210. The first kappa shape index (κ1) is 28.7. The Bertz CT molecular complexity index is 1640. The van der Waals surface area contributed by atoms with Crippen molar-refractivity contribution in [2.24, 2.45) is 0 Å². The molecule has 0 bridgehead atoms. The van der Waals surface area contributed by atoms with Crippen molar-refractivity contribution < 1.29 is 22.4 Å². The molecule has 0 saturated carbocycles. The maximum absolute atomic E-state index is 14.2. The molecule has 0 fully saturated rings. The molecular formula is C32H31FN2O4S. The first-order chi connectivity index (χ1) is 18.8. The van der Waals surface area contributed by atoms with Gasteiger partial charge < -0.3 is 5.32 Å². The third-order valence-corrected chi connectivity index (χ3v) is 7.63. The highest BCUT2D eigenvalue weighted by Gasteiger charge is 2.20. The van der Waals surface area contributed by atoms with Crippen LogP contribution in [-0.2, 0) is 22.0 Å². The number of rotatable bonds is 8. The molecule has 1 amide bonds. The van der Waals surface area contributed by atoms with Gasteiger partial charge in [-0.1, -0.05) is 75.4 Å². The highest BCUT2D eigenvalue weighted by atomic mass is 32.2. The molecule has 4 rings (SSSR count). The number of hydrogen-bond acceptors (Lipinski definition) is 4. The molecule has 1 N–H and O–H groups in total. The van der Waals surface area contributed by atoms with Gasteiger partial charge in [0.2, 0.25) is 10.0 Å². The summed E-state index contributed by atoms with van der Waals surface area (Å²) in [4.78, 5) is 26.0. The van der Waals surface area contributed by atoms with Crippen molar-refractivity contribution >= 4 is 33.1 Å². The minimum atomic E-state index is -3.73. The molecule has 0 unspecified atom stereocenters. The first-order valence-corrected chi connectivity index (χ1v) is 14.6. The van der Waals surface area contributed by atoms with Gasteiger partial charge in [0, 0.05) is 27.9 Å². The van der Waals surface area contributed by atoms with Gasteiger partial charge in [-0.05, 0) is 53.4 Å². The average Bonchev–Trinajstić information content (AvgIpc) is 2.91. The van der Waals surface area contributed by atoms with Gasteiger partial charge in [0.1, 0.15) is 5.82 Å².